The van der Waals surface area contributed by atoms with Gasteiger partial charge in [0.25, 0.3) is 0 Å². The molecular formula is C15H23FN2. The molecule has 0 unspecified atom stereocenters. The van der Waals surface area contributed by atoms with Crippen LogP contribution in [0.2, 0.25) is 0 Å². The third-order valence-corrected chi connectivity index (χ3v) is 3.83. The minimum atomic E-state index is -0.140. The van der Waals surface area contributed by atoms with E-state index in [4.69, 9.17) is 5.73 Å². The van der Waals surface area contributed by atoms with Gasteiger partial charge in [-0.3, -0.25) is 4.90 Å². The SMILES string of the molecule is NCCN(CCc1cccc(F)c1)C1CCCC1. The largest absolute Gasteiger partial charge is 0.329 e. The van der Waals surface area contributed by atoms with E-state index in [2.05, 4.69) is 4.90 Å². The van der Waals surface area contributed by atoms with E-state index in [0.717, 1.165) is 25.1 Å². The molecule has 1 aromatic rings. The molecule has 0 atom stereocenters. The minimum Gasteiger partial charge on any atom is -0.329 e. The summed E-state index contributed by atoms with van der Waals surface area (Å²) in [6.07, 6.45) is 6.18. The Balaban J connectivity index is 1.88. The van der Waals surface area contributed by atoms with Crippen LogP contribution in [-0.2, 0) is 6.42 Å². The Kier molecular flexibility index (Phi) is 5.14. The Bertz CT molecular complexity index is 361. The number of hydrogen-bond donors (Lipinski definition) is 1. The maximum Gasteiger partial charge on any atom is 0.123 e. The van der Waals surface area contributed by atoms with Gasteiger partial charge in [-0.15, -0.1) is 0 Å². The molecule has 18 heavy (non-hydrogen) atoms. The van der Waals surface area contributed by atoms with Gasteiger partial charge in [-0.05, 0) is 37.0 Å². The van der Waals surface area contributed by atoms with Gasteiger partial charge < -0.3 is 5.73 Å². The van der Waals surface area contributed by atoms with E-state index in [1.165, 1.54) is 31.7 Å². The molecule has 0 heterocycles. The predicted molar refractivity (Wildman–Crippen MR) is 73.0 cm³/mol. The average molecular weight is 250 g/mol. The molecule has 1 aromatic carbocycles. The highest BCUT2D eigenvalue weighted by atomic mass is 19.1. The van der Waals surface area contributed by atoms with Crippen molar-refractivity contribution < 1.29 is 4.39 Å². The number of hydrogen-bond acceptors (Lipinski definition) is 2. The zero-order valence-electron chi connectivity index (χ0n) is 10.9. The summed E-state index contributed by atoms with van der Waals surface area (Å²) in [5, 5.41) is 0. The fourth-order valence-corrected chi connectivity index (χ4v) is 2.88. The fraction of sp³-hybridized carbons (Fsp3) is 0.600. The smallest absolute Gasteiger partial charge is 0.123 e. The first-order valence-corrected chi connectivity index (χ1v) is 6.98. The molecule has 100 valence electrons. The van der Waals surface area contributed by atoms with E-state index < -0.39 is 0 Å². The molecular weight excluding hydrogens is 227 g/mol. The molecule has 2 rings (SSSR count). The summed E-state index contributed by atoms with van der Waals surface area (Å²) in [4.78, 5) is 2.48. The standard InChI is InChI=1S/C15H23FN2/c16-14-5-3-4-13(12-14)8-10-18(11-9-17)15-6-1-2-7-15/h3-5,12,15H,1-2,6-11,17H2. The first-order valence-electron chi connectivity index (χ1n) is 6.98. The Hall–Kier alpha value is -0.930. The lowest BCUT2D eigenvalue weighted by molar-refractivity contribution is 0.206. The Morgan fingerprint density at radius 3 is 2.67 bits per heavy atom. The number of benzene rings is 1. The molecule has 1 aliphatic carbocycles. The third kappa shape index (κ3) is 3.79. The van der Waals surface area contributed by atoms with Crippen molar-refractivity contribution in [3.05, 3.63) is 35.6 Å². The first-order chi connectivity index (χ1) is 8.79. The molecule has 2 N–H and O–H groups in total. The van der Waals surface area contributed by atoms with Crippen molar-refractivity contribution in [2.24, 2.45) is 5.73 Å². The van der Waals surface area contributed by atoms with Crippen LogP contribution in [0.4, 0.5) is 4.39 Å². The molecule has 1 fully saturated rings. The van der Waals surface area contributed by atoms with Crippen LogP contribution in [0.25, 0.3) is 0 Å². The van der Waals surface area contributed by atoms with Crippen molar-refractivity contribution >= 4 is 0 Å². The van der Waals surface area contributed by atoms with E-state index in [1.807, 2.05) is 6.07 Å². The lowest BCUT2D eigenvalue weighted by Gasteiger charge is -2.28. The van der Waals surface area contributed by atoms with Gasteiger partial charge in [0, 0.05) is 25.7 Å². The summed E-state index contributed by atoms with van der Waals surface area (Å²) in [5.41, 5.74) is 6.77. The second-order valence-electron chi connectivity index (χ2n) is 5.14. The van der Waals surface area contributed by atoms with Crippen molar-refractivity contribution in [2.75, 3.05) is 19.6 Å². The van der Waals surface area contributed by atoms with Crippen LogP contribution in [0.3, 0.4) is 0 Å². The van der Waals surface area contributed by atoms with Crippen LogP contribution in [0, 0.1) is 5.82 Å². The van der Waals surface area contributed by atoms with Gasteiger partial charge in [0.15, 0.2) is 0 Å². The van der Waals surface area contributed by atoms with E-state index in [9.17, 15) is 4.39 Å². The Morgan fingerprint density at radius 1 is 1.22 bits per heavy atom. The predicted octanol–water partition coefficient (Wildman–Crippen LogP) is 2.57. The second kappa shape index (κ2) is 6.86. The first kappa shape index (κ1) is 13.5. The van der Waals surface area contributed by atoms with Gasteiger partial charge in [0.05, 0.1) is 0 Å². The van der Waals surface area contributed by atoms with Crippen LogP contribution in [0.5, 0.6) is 0 Å². The summed E-state index contributed by atoms with van der Waals surface area (Å²) in [6.45, 7) is 2.66. The van der Waals surface area contributed by atoms with Crippen molar-refractivity contribution in [2.45, 2.75) is 38.1 Å². The molecule has 2 nitrogen and oxygen atoms in total. The van der Waals surface area contributed by atoms with Gasteiger partial charge in [0.1, 0.15) is 5.82 Å². The number of rotatable bonds is 6. The van der Waals surface area contributed by atoms with E-state index in [0.29, 0.717) is 12.6 Å². The quantitative estimate of drug-likeness (QED) is 0.841. The second-order valence-corrected chi connectivity index (χ2v) is 5.14. The average Bonchev–Trinajstić information content (AvgIpc) is 2.88. The monoisotopic (exact) mass is 250 g/mol. The molecule has 0 aliphatic heterocycles. The fourth-order valence-electron chi connectivity index (χ4n) is 2.88. The third-order valence-electron chi connectivity index (χ3n) is 3.83. The normalized spacial score (nSPS) is 16.6. The minimum absolute atomic E-state index is 0.140. The van der Waals surface area contributed by atoms with Gasteiger partial charge in [-0.1, -0.05) is 25.0 Å². The van der Waals surface area contributed by atoms with Crippen LogP contribution in [0.1, 0.15) is 31.2 Å². The summed E-state index contributed by atoms with van der Waals surface area (Å²) >= 11 is 0. The van der Waals surface area contributed by atoms with Gasteiger partial charge in [-0.25, -0.2) is 4.39 Å². The highest BCUT2D eigenvalue weighted by Crippen LogP contribution is 2.23. The Morgan fingerprint density at radius 2 is 2.00 bits per heavy atom. The molecule has 0 spiro atoms. The molecule has 1 saturated carbocycles. The van der Waals surface area contributed by atoms with Gasteiger partial charge in [0.2, 0.25) is 0 Å². The number of nitrogens with zero attached hydrogens (tertiary/aromatic N) is 1. The van der Waals surface area contributed by atoms with Crippen molar-refractivity contribution in [1.82, 2.24) is 4.90 Å². The van der Waals surface area contributed by atoms with Gasteiger partial charge in [-0.2, -0.15) is 0 Å². The maximum absolute atomic E-state index is 13.1. The lowest BCUT2D eigenvalue weighted by Crippen LogP contribution is -2.38. The molecule has 3 heteroatoms. The van der Waals surface area contributed by atoms with Crippen molar-refractivity contribution in [3.8, 4) is 0 Å². The van der Waals surface area contributed by atoms with Crippen LogP contribution >= 0.6 is 0 Å². The molecule has 1 aliphatic rings. The van der Waals surface area contributed by atoms with Crippen LogP contribution in [0.15, 0.2) is 24.3 Å². The lowest BCUT2D eigenvalue weighted by atomic mass is 10.1. The highest BCUT2D eigenvalue weighted by molar-refractivity contribution is 5.16. The summed E-state index contributed by atoms with van der Waals surface area (Å²) in [7, 11) is 0. The molecule has 0 bridgehead atoms. The molecule has 0 radical (unpaired) electrons. The summed E-state index contributed by atoms with van der Waals surface area (Å²) in [5.74, 6) is -0.140. The number of halogens is 1. The van der Waals surface area contributed by atoms with E-state index in [-0.39, 0.29) is 5.82 Å². The van der Waals surface area contributed by atoms with Crippen molar-refractivity contribution in [3.63, 3.8) is 0 Å². The van der Waals surface area contributed by atoms with Crippen molar-refractivity contribution in [1.29, 1.82) is 0 Å². The van der Waals surface area contributed by atoms with E-state index >= 15 is 0 Å². The number of nitrogens with two attached hydrogens (primary N) is 1. The molecule has 0 aromatic heterocycles. The van der Waals surface area contributed by atoms with Gasteiger partial charge >= 0.3 is 0 Å². The molecule has 0 amide bonds. The van der Waals surface area contributed by atoms with Crippen LogP contribution in [-0.4, -0.2) is 30.6 Å². The zero-order valence-corrected chi connectivity index (χ0v) is 10.9. The highest BCUT2D eigenvalue weighted by Gasteiger charge is 2.21. The maximum atomic E-state index is 13.1. The van der Waals surface area contributed by atoms with E-state index in [1.54, 1.807) is 12.1 Å². The topological polar surface area (TPSA) is 29.3 Å². The Labute approximate surface area is 109 Å². The summed E-state index contributed by atoms with van der Waals surface area (Å²) < 4.78 is 13.1. The summed E-state index contributed by atoms with van der Waals surface area (Å²) in [6, 6.07) is 7.61. The van der Waals surface area contributed by atoms with Crippen LogP contribution < -0.4 is 5.73 Å². The zero-order chi connectivity index (χ0) is 12.8. The molecule has 0 saturated heterocycles.